The fourth-order valence-electron chi connectivity index (χ4n) is 3.00. The first-order chi connectivity index (χ1) is 6.76. The van der Waals surface area contributed by atoms with Crippen molar-refractivity contribution in [3.05, 3.63) is 35.1 Å². The van der Waals surface area contributed by atoms with Crippen LogP contribution in [0.2, 0.25) is 0 Å². The molecule has 0 aliphatic heterocycles. The summed E-state index contributed by atoms with van der Waals surface area (Å²) in [6.45, 7) is 0.275. The van der Waals surface area contributed by atoms with E-state index in [-0.39, 0.29) is 17.8 Å². The van der Waals surface area contributed by atoms with Crippen LogP contribution in [0.3, 0.4) is 0 Å². The zero-order valence-electron chi connectivity index (χ0n) is 7.96. The molecule has 1 saturated carbocycles. The lowest BCUT2D eigenvalue weighted by Gasteiger charge is -2.09. The summed E-state index contributed by atoms with van der Waals surface area (Å²) in [6.07, 6.45) is 3.16. The summed E-state index contributed by atoms with van der Waals surface area (Å²) in [5.74, 6) is 0.288. The van der Waals surface area contributed by atoms with Gasteiger partial charge in [0.15, 0.2) is 0 Å². The van der Waals surface area contributed by atoms with Crippen LogP contribution >= 0.6 is 0 Å². The summed E-state index contributed by atoms with van der Waals surface area (Å²) in [5.41, 5.74) is 2.66. The minimum Gasteiger partial charge on any atom is -0.396 e. The van der Waals surface area contributed by atoms with Gasteiger partial charge in [-0.05, 0) is 48.4 Å². The van der Waals surface area contributed by atoms with E-state index in [9.17, 15) is 4.39 Å². The Morgan fingerprint density at radius 3 is 3.07 bits per heavy atom. The van der Waals surface area contributed by atoms with E-state index in [0.717, 1.165) is 24.8 Å². The number of rotatable bonds is 1. The second-order valence-corrected chi connectivity index (χ2v) is 4.54. The summed E-state index contributed by atoms with van der Waals surface area (Å²) < 4.78 is 13.0. The number of aliphatic hydroxyl groups is 1. The van der Waals surface area contributed by atoms with Gasteiger partial charge in [-0.15, -0.1) is 0 Å². The Bertz CT molecular complexity index is 388. The first-order valence-corrected chi connectivity index (χ1v) is 5.16. The van der Waals surface area contributed by atoms with Crippen LogP contribution in [0.25, 0.3) is 0 Å². The minimum absolute atomic E-state index is 0.137. The van der Waals surface area contributed by atoms with Crippen molar-refractivity contribution < 1.29 is 9.50 Å². The first-order valence-electron chi connectivity index (χ1n) is 5.16. The van der Waals surface area contributed by atoms with Gasteiger partial charge < -0.3 is 5.11 Å². The Morgan fingerprint density at radius 1 is 1.50 bits per heavy atom. The highest BCUT2D eigenvalue weighted by atomic mass is 19.1. The van der Waals surface area contributed by atoms with Gasteiger partial charge in [0.05, 0.1) is 0 Å². The van der Waals surface area contributed by atoms with Gasteiger partial charge in [-0.1, -0.05) is 6.07 Å². The van der Waals surface area contributed by atoms with Gasteiger partial charge in [-0.2, -0.15) is 0 Å². The summed E-state index contributed by atoms with van der Waals surface area (Å²) in [6, 6.07) is 5.10. The molecule has 1 fully saturated rings. The van der Waals surface area contributed by atoms with Crippen molar-refractivity contribution in [2.24, 2.45) is 5.92 Å². The van der Waals surface area contributed by atoms with E-state index in [0.29, 0.717) is 5.92 Å². The van der Waals surface area contributed by atoms with Crippen molar-refractivity contribution in [2.45, 2.75) is 24.7 Å². The average Bonchev–Trinajstić information content (AvgIpc) is 2.78. The molecule has 1 N–H and O–H groups in total. The topological polar surface area (TPSA) is 20.2 Å². The molecule has 1 spiro atoms. The Kier molecular flexibility index (Phi) is 1.55. The van der Waals surface area contributed by atoms with E-state index < -0.39 is 0 Å². The molecular weight excluding hydrogens is 179 g/mol. The fraction of sp³-hybridized carbons (Fsp3) is 0.500. The van der Waals surface area contributed by atoms with Crippen molar-refractivity contribution in [1.29, 1.82) is 0 Å². The predicted molar refractivity (Wildman–Crippen MR) is 51.6 cm³/mol. The zero-order valence-corrected chi connectivity index (χ0v) is 7.96. The molecule has 0 radical (unpaired) electrons. The standard InChI is InChI=1S/C12H13FO/c13-10-1-2-11-8(5-10)3-4-12(11)6-9(12)7-14/h1-2,5,9,14H,3-4,6-7H2. The number of aryl methyl sites for hydroxylation is 1. The van der Waals surface area contributed by atoms with Crippen LogP contribution in [0.1, 0.15) is 24.0 Å². The molecule has 2 atom stereocenters. The normalized spacial score (nSPS) is 33.4. The number of fused-ring (bicyclic) bond motifs is 2. The quantitative estimate of drug-likeness (QED) is 0.721. The van der Waals surface area contributed by atoms with Gasteiger partial charge in [0.25, 0.3) is 0 Å². The van der Waals surface area contributed by atoms with Crippen molar-refractivity contribution in [3.8, 4) is 0 Å². The SMILES string of the molecule is OCC1CC12CCc1cc(F)ccc12. The lowest BCUT2D eigenvalue weighted by molar-refractivity contribution is 0.263. The molecule has 2 aliphatic rings. The third kappa shape index (κ3) is 0.921. The van der Waals surface area contributed by atoms with Gasteiger partial charge in [0.1, 0.15) is 5.82 Å². The molecule has 74 valence electrons. The molecule has 1 nitrogen and oxygen atoms in total. The second-order valence-electron chi connectivity index (χ2n) is 4.54. The molecule has 0 saturated heterocycles. The maximum absolute atomic E-state index is 13.0. The Balaban J connectivity index is 2.04. The molecule has 1 aromatic carbocycles. The smallest absolute Gasteiger partial charge is 0.123 e. The molecular formula is C12H13FO. The number of aliphatic hydroxyl groups excluding tert-OH is 1. The van der Waals surface area contributed by atoms with Crippen LogP contribution in [-0.4, -0.2) is 11.7 Å². The molecule has 1 aromatic rings. The maximum atomic E-state index is 13.0. The van der Waals surface area contributed by atoms with E-state index in [4.69, 9.17) is 5.11 Å². The monoisotopic (exact) mass is 192 g/mol. The molecule has 0 aromatic heterocycles. The zero-order chi connectivity index (χ0) is 9.76. The number of hydrogen-bond acceptors (Lipinski definition) is 1. The fourth-order valence-corrected chi connectivity index (χ4v) is 3.00. The van der Waals surface area contributed by atoms with Crippen molar-refractivity contribution in [3.63, 3.8) is 0 Å². The summed E-state index contributed by atoms with van der Waals surface area (Å²) >= 11 is 0. The van der Waals surface area contributed by atoms with E-state index in [2.05, 4.69) is 0 Å². The van der Waals surface area contributed by atoms with E-state index in [1.807, 2.05) is 6.07 Å². The highest BCUT2D eigenvalue weighted by Crippen LogP contribution is 2.61. The molecule has 2 aliphatic carbocycles. The van der Waals surface area contributed by atoms with Gasteiger partial charge in [0.2, 0.25) is 0 Å². The Morgan fingerprint density at radius 2 is 2.36 bits per heavy atom. The van der Waals surface area contributed by atoms with Crippen molar-refractivity contribution in [1.82, 2.24) is 0 Å². The van der Waals surface area contributed by atoms with Crippen LogP contribution < -0.4 is 0 Å². The maximum Gasteiger partial charge on any atom is 0.123 e. The largest absolute Gasteiger partial charge is 0.396 e. The van der Waals surface area contributed by atoms with Gasteiger partial charge in [-0.3, -0.25) is 0 Å². The van der Waals surface area contributed by atoms with Crippen molar-refractivity contribution in [2.75, 3.05) is 6.61 Å². The highest BCUT2D eigenvalue weighted by molar-refractivity contribution is 5.45. The van der Waals surface area contributed by atoms with E-state index in [1.165, 1.54) is 5.56 Å². The molecule has 0 heterocycles. The van der Waals surface area contributed by atoms with Crippen LogP contribution in [0.5, 0.6) is 0 Å². The highest BCUT2D eigenvalue weighted by Gasteiger charge is 2.57. The van der Waals surface area contributed by atoms with Crippen LogP contribution in [0.4, 0.5) is 4.39 Å². The second kappa shape index (κ2) is 2.57. The lowest BCUT2D eigenvalue weighted by atomic mass is 9.96. The van der Waals surface area contributed by atoms with Crippen molar-refractivity contribution >= 4 is 0 Å². The Labute approximate surface area is 82.6 Å². The predicted octanol–water partition coefficient (Wildman–Crippen LogP) is 2.02. The number of hydrogen-bond donors (Lipinski definition) is 1. The van der Waals surface area contributed by atoms with E-state index in [1.54, 1.807) is 12.1 Å². The number of benzene rings is 1. The third-order valence-electron chi connectivity index (χ3n) is 3.90. The van der Waals surface area contributed by atoms with Crippen LogP contribution in [-0.2, 0) is 11.8 Å². The Hall–Kier alpha value is -0.890. The molecule has 0 amide bonds. The van der Waals surface area contributed by atoms with E-state index >= 15 is 0 Å². The summed E-state index contributed by atoms with van der Waals surface area (Å²) in [4.78, 5) is 0. The third-order valence-corrected chi connectivity index (χ3v) is 3.90. The molecule has 14 heavy (non-hydrogen) atoms. The number of halogens is 1. The van der Waals surface area contributed by atoms with Gasteiger partial charge >= 0.3 is 0 Å². The molecule has 2 unspecified atom stereocenters. The average molecular weight is 192 g/mol. The summed E-state index contributed by atoms with van der Waals surface area (Å²) in [5, 5.41) is 9.14. The van der Waals surface area contributed by atoms with Crippen LogP contribution in [0, 0.1) is 11.7 Å². The van der Waals surface area contributed by atoms with Crippen LogP contribution in [0.15, 0.2) is 18.2 Å². The summed E-state index contributed by atoms with van der Waals surface area (Å²) in [7, 11) is 0. The van der Waals surface area contributed by atoms with Gasteiger partial charge in [-0.25, -0.2) is 4.39 Å². The minimum atomic E-state index is -0.137. The first kappa shape index (κ1) is 8.42. The molecule has 3 rings (SSSR count). The molecule has 0 bridgehead atoms. The van der Waals surface area contributed by atoms with Gasteiger partial charge in [0, 0.05) is 12.0 Å². The molecule has 2 heteroatoms. The lowest BCUT2D eigenvalue weighted by Crippen LogP contribution is -2.07.